The zero-order valence-electron chi connectivity index (χ0n) is 15.6. The molecule has 5 heteroatoms. The number of hydrogen-bond donors (Lipinski definition) is 3. The Labute approximate surface area is 151 Å². The SMILES string of the molecule is C[C@H](C[NH+]1CCCCC1)C(=O)NNC(=O)C12CC3CC(CC(C3)C1)C2. The smallest absolute Gasteiger partial charge is 0.246 e. The molecule has 5 fully saturated rings. The Balaban J connectivity index is 1.27. The van der Waals surface area contributed by atoms with Crippen LogP contribution in [0.2, 0.25) is 0 Å². The zero-order chi connectivity index (χ0) is 17.4. The number of carbonyl (C=O) groups excluding carboxylic acids is 2. The summed E-state index contributed by atoms with van der Waals surface area (Å²) < 4.78 is 0. The van der Waals surface area contributed by atoms with Gasteiger partial charge < -0.3 is 4.90 Å². The third-order valence-electron chi connectivity index (χ3n) is 7.42. The number of hydrogen-bond acceptors (Lipinski definition) is 2. The number of likely N-dealkylation sites (tertiary alicyclic amines) is 1. The highest BCUT2D eigenvalue weighted by Crippen LogP contribution is 2.59. The summed E-state index contributed by atoms with van der Waals surface area (Å²) in [5.74, 6) is 2.23. The summed E-state index contributed by atoms with van der Waals surface area (Å²) in [5.41, 5.74) is 5.36. The molecule has 3 N–H and O–H groups in total. The zero-order valence-corrected chi connectivity index (χ0v) is 15.6. The molecule has 0 aromatic heterocycles. The van der Waals surface area contributed by atoms with E-state index in [0.717, 1.165) is 43.6 Å². The van der Waals surface area contributed by atoms with Gasteiger partial charge in [-0.2, -0.15) is 0 Å². The average molecular weight is 349 g/mol. The Kier molecular flexibility index (Phi) is 4.78. The molecular formula is C20H34N3O2+. The van der Waals surface area contributed by atoms with Gasteiger partial charge in [0.25, 0.3) is 0 Å². The first-order chi connectivity index (χ1) is 12.0. The highest BCUT2D eigenvalue weighted by atomic mass is 16.2. The molecule has 1 aliphatic heterocycles. The minimum atomic E-state index is -0.191. The first-order valence-corrected chi connectivity index (χ1v) is 10.5. The molecule has 0 radical (unpaired) electrons. The predicted molar refractivity (Wildman–Crippen MR) is 95.5 cm³/mol. The van der Waals surface area contributed by atoms with Gasteiger partial charge in [0.15, 0.2) is 0 Å². The van der Waals surface area contributed by atoms with E-state index >= 15 is 0 Å². The molecule has 5 aliphatic rings. The van der Waals surface area contributed by atoms with Crippen molar-refractivity contribution in [3.05, 3.63) is 0 Å². The molecule has 5 nitrogen and oxygen atoms in total. The topological polar surface area (TPSA) is 62.6 Å². The van der Waals surface area contributed by atoms with Crippen LogP contribution in [-0.4, -0.2) is 31.4 Å². The summed E-state index contributed by atoms with van der Waals surface area (Å²) >= 11 is 0. The van der Waals surface area contributed by atoms with Gasteiger partial charge in [0.05, 0.1) is 31.0 Å². The van der Waals surface area contributed by atoms with E-state index in [2.05, 4.69) is 10.9 Å². The lowest BCUT2D eigenvalue weighted by Gasteiger charge is -2.55. The Morgan fingerprint density at radius 1 is 0.960 bits per heavy atom. The molecule has 140 valence electrons. The second-order valence-corrected chi connectivity index (χ2v) is 9.56. The van der Waals surface area contributed by atoms with E-state index < -0.39 is 0 Å². The van der Waals surface area contributed by atoms with Crippen molar-refractivity contribution >= 4 is 11.8 Å². The quantitative estimate of drug-likeness (QED) is 0.665. The van der Waals surface area contributed by atoms with Crippen molar-refractivity contribution in [2.75, 3.05) is 19.6 Å². The summed E-state index contributed by atoms with van der Waals surface area (Å²) in [4.78, 5) is 26.8. The van der Waals surface area contributed by atoms with Gasteiger partial charge in [-0.3, -0.25) is 20.4 Å². The standard InChI is InChI=1S/C20H33N3O2/c1-14(13-23-5-3-2-4-6-23)18(24)21-22-19(25)20-10-15-7-16(11-20)9-17(8-15)12-20/h14-17H,2-13H2,1H3,(H,21,24)(H,22,25)/p+1/t14-,15?,16?,17?,20?/m1/s1. The molecule has 25 heavy (non-hydrogen) atoms. The van der Waals surface area contributed by atoms with Crippen LogP contribution in [0, 0.1) is 29.1 Å². The van der Waals surface area contributed by atoms with Gasteiger partial charge in [0.1, 0.15) is 0 Å². The third-order valence-corrected chi connectivity index (χ3v) is 7.42. The summed E-state index contributed by atoms with van der Waals surface area (Å²) in [6.45, 7) is 5.21. The molecule has 0 spiro atoms. The molecule has 4 aliphatic carbocycles. The fourth-order valence-electron chi connectivity index (χ4n) is 6.54. The fraction of sp³-hybridized carbons (Fsp3) is 0.900. The predicted octanol–water partition coefficient (Wildman–Crippen LogP) is 1.06. The lowest BCUT2D eigenvalue weighted by Crippen LogP contribution is -3.13. The minimum Gasteiger partial charge on any atom is -0.334 e. The number of nitrogens with one attached hydrogen (secondary N) is 3. The van der Waals surface area contributed by atoms with E-state index in [9.17, 15) is 9.59 Å². The molecule has 4 saturated carbocycles. The minimum absolute atomic E-state index is 0.0313. The Bertz CT molecular complexity index is 492. The van der Waals surface area contributed by atoms with Gasteiger partial charge in [-0.1, -0.05) is 0 Å². The van der Waals surface area contributed by atoms with Crippen LogP contribution in [0.25, 0.3) is 0 Å². The first-order valence-electron chi connectivity index (χ1n) is 10.5. The number of rotatable bonds is 4. The molecule has 4 bridgehead atoms. The Morgan fingerprint density at radius 2 is 1.52 bits per heavy atom. The summed E-state index contributed by atoms with van der Waals surface area (Å²) in [6, 6.07) is 0. The van der Waals surface area contributed by atoms with Crippen LogP contribution >= 0.6 is 0 Å². The number of quaternary nitrogens is 1. The Hall–Kier alpha value is -1.10. The van der Waals surface area contributed by atoms with Crippen LogP contribution in [0.3, 0.4) is 0 Å². The van der Waals surface area contributed by atoms with Gasteiger partial charge in [-0.05, 0) is 82.5 Å². The van der Waals surface area contributed by atoms with Crippen molar-refractivity contribution in [3.8, 4) is 0 Å². The Morgan fingerprint density at radius 3 is 2.08 bits per heavy atom. The second-order valence-electron chi connectivity index (χ2n) is 9.56. The molecule has 5 rings (SSSR count). The average Bonchev–Trinajstić information content (AvgIpc) is 2.59. The maximum atomic E-state index is 12.9. The molecule has 1 atom stereocenters. The van der Waals surface area contributed by atoms with Gasteiger partial charge >= 0.3 is 0 Å². The van der Waals surface area contributed by atoms with Crippen LogP contribution in [0.4, 0.5) is 0 Å². The molecule has 0 aromatic rings. The molecule has 2 amide bonds. The van der Waals surface area contributed by atoms with Crippen molar-refractivity contribution in [2.24, 2.45) is 29.1 Å². The monoisotopic (exact) mass is 348 g/mol. The normalized spacial score (nSPS) is 38.4. The highest BCUT2D eigenvalue weighted by molar-refractivity contribution is 5.86. The van der Waals surface area contributed by atoms with Crippen LogP contribution in [0.15, 0.2) is 0 Å². The largest absolute Gasteiger partial charge is 0.334 e. The molecule has 1 heterocycles. The molecule has 0 unspecified atom stereocenters. The lowest BCUT2D eigenvalue weighted by molar-refractivity contribution is -0.907. The number of piperidine rings is 1. The number of carbonyl (C=O) groups is 2. The van der Waals surface area contributed by atoms with Crippen molar-refractivity contribution < 1.29 is 14.5 Å². The van der Waals surface area contributed by atoms with Gasteiger partial charge in [0.2, 0.25) is 11.8 Å². The van der Waals surface area contributed by atoms with E-state index in [0.29, 0.717) is 0 Å². The van der Waals surface area contributed by atoms with Crippen molar-refractivity contribution in [1.29, 1.82) is 0 Å². The van der Waals surface area contributed by atoms with Crippen molar-refractivity contribution in [2.45, 2.75) is 64.7 Å². The first kappa shape index (κ1) is 17.3. The van der Waals surface area contributed by atoms with Crippen molar-refractivity contribution in [3.63, 3.8) is 0 Å². The summed E-state index contributed by atoms with van der Waals surface area (Å²) in [5, 5.41) is 0. The van der Waals surface area contributed by atoms with Crippen LogP contribution in [-0.2, 0) is 9.59 Å². The van der Waals surface area contributed by atoms with Gasteiger partial charge in [-0.15, -0.1) is 0 Å². The number of amides is 2. The molecular weight excluding hydrogens is 314 g/mol. The summed E-state index contributed by atoms with van der Waals surface area (Å²) in [7, 11) is 0. The van der Waals surface area contributed by atoms with Gasteiger partial charge in [0, 0.05) is 0 Å². The van der Waals surface area contributed by atoms with E-state index in [1.54, 1.807) is 0 Å². The van der Waals surface area contributed by atoms with E-state index in [4.69, 9.17) is 0 Å². The van der Waals surface area contributed by atoms with Crippen molar-refractivity contribution in [1.82, 2.24) is 10.9 Å². The highest BCUT2D eigenvalue weighted by Gasteiger charge is 2.54. The van der Waals surface area contributed by atoms with Crippen LogP contribution in [0.5, 0.6) is 0 Å². The summed E-state index contributed by atoms with van der Waals surface area (Å²) in [6.07, 6.45) is 11.0. The van der Waals surface area contributed by atoms with Gasteiger partial charge in [-0.25, -0.2) is 0 Å². The molecule has 1 saturated heterocycles. The van der Waals surface area contributed by atoms with Crippen LogP contribution < -0.4 is 15.8 Å². The fourth-order valence-corrected chi connectivity index (χ4v) is 6.54. The molecule has 0 aromatic carbocycles. The van der Waals surface area contributed by atoms with Crippen LogP contribution in [0.1, 0.15) is 64.7 Å². The second kappa shape index (κ2) is 6.90. The van der Waals surface area contributed by atoms with E-state index in [1.807, 2.05) is 6.92 Å². The number of hydrazine groups is 1. The maximum Gasteiger partial charge on any atom is 0.246 e. The lowest BCUT2D eigenvalue weighted by atomic mass is 9.49. The maximum absolute atomic E-state index is 12.9. The van der Waals surface area contributed by atoms with E-state index in [1.165, 1.54) is 56.5 Å². The third kappa shape index (κ3) is 3.57. The van der Waals surface area contributed by atoms with E-state index in [-0.39, 0.29) is 23.1 Å².